The van der Waals surface area contributed by atoms with Crippen LogP contribution in [-0.4, -0.2) is 51.0 Å². The van der Waals surface area contributed by atoms with Crippen molar-refractivity contribution in [2.75, 3.05) is 11.9 Å². The molecule has 3 aromatic rings. The number of nitrogens with zero attached hydrogens (tertiary/aromatic N) is 3. The number of anilines is 1. The fourth-order valence-corrected chi connectivity index (χ4v) is 4.14. The zero-order valence-electron chi connectivity index (χ0n) is 17.1. The molecular weight excluding hydrogens is 398 g/mol. The van der Waals surface area contributed by atoms with Gasteiger partial charge in [0.05, 0.1) is 17.5 Å². The van der Waals surface area contributed by atoms with Crippen LogP contribution in [0.15, 0.2) is 47.1 Å². The van der Waals surface area contributed by atoms with Gasteiger partial charge in [0.15, 0.2) is 0 Å². The number of aromatic nitrogens is 2. The highest BCUT2D eigenvalue weighted by Gasteiger charge is 2.43. The van der Waals surface area contributed by atoms with Crippen LogP contribution in [0.3, 0.4) is 0 Å². The Kier molecular flexibility index (Phi) is 4.39. The monoisotopic (exact) mass is 419 g/mol. The Labute approximate surface area is 178 Å². The number of hydrogen-bond acceptors (Lipinski definition) is 5. The number of nitrogens with one attached hydrogen (secondary N) is 2. The Balaban J connectivity index is 1.39. The van der Waals surface area contributed by atoms with Crippen LogP contribution in [0.1, 0.15) is 33.0 Å². The van der Waals surface area contributed by atoms with E-state index >= 15 is 0 Å². The molecule has 1 aromatic carbocycles. The molecule has 2 aliphatic heterocycles. The predicted molar refractivity (Wildman–Crippen MR) is 111 cm³/mol. The zero-order chi connectivity index (χ0) is 21.7. The first-order valence-corrected chi connectivity index (χ1v) is 10.0. The van der Waals surface area contributed by atoms with E-state index in [1.54, 1.807) is 48.3 Å². The molecule has 5 rings (SSSR count). The number of fused-ring (bicyclic) bond motifs is 2. The second-order valence-corrected chi connectivity index (χ2v) is 7.90. The summed E-state index contributed by atoms with van der Waals surface area (Å²) in [7, 11) is 1.77. The van der Waals surface area contributed by atoms with Crippen LogP contribution in [0.25, 0.3) is 11.3 Å². The summed E-state index contributed by atoms with van der Waals surface area (Å²) in [5, 5.41) is 9.95. The molecule has 2 atom stereocenters. The van der Waals surface area contributed by atoms with Gasteiger partial charge in [-0.05, 0) is 49.7 Å². The molecule has 1 fully saturated rings. The molecule has 4 heterocycles. The number of rotatable bonds is 3. The molecule has 0 bridgehead atoms. The minimum absolute atomic E-state index is 0.249. The van der Waals surface area contributed by atoms with Gasteiger partial charge >= 0.3 is 0 Å². The Morgan fingerprint density at radius 3 is 2.81 bits per heavy atom. The van der Waals surface area contributed by atoms with Crippen LogP contribution < -0.4 is 10.6 Å². The van der Waals surface area contributed by atoms with Gasteiger partial charge in [0, 0.05) is 30.9 Å². The van der Waals surface area contributed by atoms with Gasteiger partial charge in [-0.25, -0.2) is 0 Å². The Morgan fingerprint density at radius 1 is 1.26 bits per heavy atom. The lowest BCUT2D eigenvalue weighted by Crippen LogP contribution is -2.41. The van der Waals surface area contributed by atoms with E-state index in [2.05, 4.69) is 15.7 Å². The third kappa shape index (κ3) is 3.27. The Bertz CT molecular complexity index is 1180. The quantitative estimate of drug-likeness (QED) is 0.674. The zero-order valence-corrected chi connectivity index (χ0v) is 17.1. The smallest absolute Gasteiger partial charge is 0.272 e. The molecule has 0 aliphatic carbocycles. The van der Waals surface area contributed by atoms with Crippen molar-refractivity contribution >= 4 is 23.4 Å². The Hall–Kier alpha value is -3.88. The maximum Gasteiger partial charge on any atom is 0.272 e. The van der Waals surface area contributed by atoms with Gasteiger partial charge in [-0.15, -0.1) is 0 Å². The number of carbonyl (C=O) groups excluding carboxylic acids is 3. The third-order valence-corrected chi connectivity index (χ3v) is 5.86. The standard InChI is InChI=1S/C22H21N5O4/c1-12-8-17(25-26(12)2)20(28)23-14-10-18-21(29)24-16-6-5-13(19-4-3-7-31-19)9-15(16)22(30)27(18)11-14/h3-9,14,18H,10-11H2,1-2H3,(H,23,28)(H,24,29). The van der Waals surface area contributed by atoms with Crippen LogP contribution in [-0.2, 0) is 11.8 Å². The second-order valence-electron chi connectivity index (χ2n) is 7.90. The fourth-order valence-electron chi connectivity index (χ4n) is 4.14. The second kappa shape index (κ2) is 7.12. The van der Waals surface area contributed by atoms with E-state index in [0.717, 1.165) is 11.3 Å². The van der Waals surface area contributed by atoms with Crippen molar-refractivity contribution in [2.45, 2.75) is 25.4 Å². The van der Waals surface area contributed by atoms with Crippen molar-refractivity contribution in [1.29, 1.82) is 0 Å². The van der Waals surface area contributed by atoms with Crippen molar-refractivity contribution < 1.29 is 18.8 Å². The summed E-state index contributed by atoms with van der Waals surface area (Å²) in [6.45, 7) is 2.11. The summed E-state index contributed by atoms with van der Waals surface area (Å²) in [5.41, 5.74) is 2.80. The van der Waals surface area contributed by atoms with Crippen molar-refractivity contribution in [3.8, 4) is 11.3 Å². The molecule has 0 saturated carbocycles. The molecule has 2 aliphatic rings. The van der Waals surface area contributed by atoms with Gasteiger partial charge in [0.2, 0.25) is 5.91 Å². The molecule has 0 spiro atoms. The van der Waals surface area contributed by atoms with Crippen LogP contribution in [0, 0.1) is 6.92 Å². The minimum Gasteiger partial charge on any atom is -0.464 e. The summed E-state index contributed by atoms with van der Waals surface area (Å²) < 4.78 is 7.06. The van der Waals surface area contributed by atoms with E-state index in [1.165, 1.54) is 4.90 Å². The minimum atomic E-state index is -0.650. The van der Waals surface area contributed by atoms with Crippen molar-refractivity contribution in [2.24, 2.45) is 7.05 Å². The fraction of sp³-hybridized carbons (Fsp3) is 0.273. The summed E-state index contributed by atoms with van der Waals surface area (Å²) in [6, 6.07) is 9.54. The van der Waals surface area contributed by atoms with Crippen LogP contribution in [0.4, 0.5) is 5.69 Å². The van der Waals surface area contributed by atoms with Gasteiger partial charge in [-0.2, -0.15) is 5.10 Å². The molecule has 158 valence electrons. The first-order valence-electron chi connectivity index (χ1n) is 10.0. The van der Waals surface area contributed by atoms with Crippen molar-refractivity contribution in [3.05, 3.63) is 59.6 Å². The summed E-state index contributed by atoms with van der Waals surface area (Å²) >= 11 is 0. The van der Waals surface area contributed by atoms with Crippen LogP contribution >= 0.6 is 0 Å². The molecule has 9 heteroatoms. The maximum atomic E-state index is 13.3. The van der Waals surface area contributed by atoms with E-state index < -0.39 is 6.04 Å². The molecular formula is C22H21N5O4. The van der Waals surface area contributed by atoms with Gasteiger partial charge < -0.3 is 20.0 Å². The number of benzene rings is 1. The lowest BCUT2D eigenvalue weighted by atomic mass is 10.1. The number of carbonyl (C=O) groups is 3. The maximum absolute atomic E-state index is 13.3. The molecule has 2 aromatic heterocycles. The number of hydrogen-bond donors (Lipinski definition) is 2. The van der Waals surface area contributed by atoms with Gasteiger partial charge in [-0.3, -0.25) is 19.1 Å². The van der Waals surface area contributed by atoms with Crippen LogP contribution in [0.5, 0.6) is 0 Å². The predicted octanol–water partition coefficient (Wildman–Crippen LogP) is 1.95. The highest BCUT2D eigenvalue weighted by atomic mass is 16.3. The Morgan fingerprint density at radius 2 is 2.10 bits per heavy atom. The van der Waals surface area contributed by atoms with Gasteiger partial charge in [0.25, 0.3) is 11.8 Å². The lowest BCUT2D eigenvalue weighted by Gasteiger charge is -2.20. The molecule has 3 amide bonds. The molecule has 0 radical (unpaired) electrons. The number of aryl methyl sites for hydroxylation is 2. The van der Waals surface area contributed by atoms with E-state index in [-0.39, 0.29) is 30.3 Å². The molecule has 1 saturated heterocycles. The van der Waals surface area contributed by atoms with E-state index in [4.69, 9.17) is 4.42 Å². The summed E-state index contributed by atoms with van der Waals surface area (Å²) in [4.78, 5) is 40.2. The van der Waals surface area contributed by atoms with Crippen molar-refractivity contribution in [1.82, 2.24) is 20.0 Å². The highest BCUT2D eigenvalue weighted by molar-refractivity contribution is 6.10. The van der Waals surface area contributed by atoms with Crippen molar-refractivity contribution in [3.63, 3.8) is 0 Å². The normalized spacial score (nSPS) is 20.1. The highest BCUT2D eigenvalue weighted by Crippen LogP contribution is 2.32. The lowest BCUT2D eigenvalue weighted by molar-refractivity contribution is -0.119. The summed E-state index contributed by atoms with van der Waals surface area (Å²) in [5.74, 6) is -0.194. The number of amides is 3. The first-order chi connectivity index (χ1) is 14.9. The number of furan rings is 1. The molecule has 9 nitrogen and oxygen atoms in total. The third-order valence-electron chi connectivity index (χ3n) is 5.86. The average Bonchev–Trinajstić information content (AvgIpc) is 3.47. The van der Waals surface area contributed by atoms with Gasteiger partial charge in [-0.1, -0.05) is 0 Å². The summed E-state index contributed by atoms with van der Waals surface area (Å²) in [6.07, 6.45) is 1.91. The first kappa shape index (κ1) is 19.1. The molecule has 2 unspecified atom stereocenters. The SMILES string of the molecule is Cc1cc(C(=O)NC2CC3C(=O)Nc4ccc(-c5ccco5)cc4C(=O)N3C2)nn1C. The van der Waals surface area contributed by atoms with Gasteiger partial charge in [0.1, 0.15) is 17.5 Å². The van der Waals surface area contributed by atoms with E-state index in [9.17, 15) is 14.4 Å². The largest absolute Gasteiger partial charge is 0.464 e. The average molecular weight is 419 g/mol. The molecule has 2 N–H and O–H groups in total. The van der Waals surface area contributed by atoms with Crippen LogP contribution in [0.2, 0.25) is 0 Å². The topological polar surface area (TPSA) is 109 Å². The van der Waals surface area contributed by atoms with E-state index in [0.29, 0.717) is 29.1 Å². The molecule has 31 heavy (non-hydrogen) atoms. The van der Waals surface area contributed by atoms with E-state index in [1.807, 2.05) is 13.0 Å².